The van der Waals surface area contributed by atoms with E-state index in [-0.39, 0.29) is 17.8 Å². The predicted octanol–water partition coefficient (Wildman–Crippen LogP) is 3.12. The molecule has 0 aromatic heterocycles. The SMILES string of the molecule is CC(C)C[C@H](CN)CC(=O)OCCC1CC1(Cl)Cl. The van der Waals surface area contributed by atoms with Crippen LogP contribution in [0.4, 0.5) is 0 Å². The van der Waals surface area contributed by atoms with Crippen LogP contribution in [0, 0.1) is 17.8 Å². The Morgan fingerprint density at radius 2 is 2.11 bits per heavy atom. The monoisotopic (exact) mass is 295 g/mol. The van der Waals surface area contributed by atoms with Crippen LogP contribution < -0.4 is 5.73 Å². The first-order valence-electron chi connectivity index (χ1n) is 6.58. The Morgan fingerprint density at radius 3 is 2.56 bits per heavy atom. The minimum absolute atomic E-state index is 0.165. The molecule has 0 aromatic rings. The number of nitrogens with two attached hydrogens (primary N) is 1. The first-order valence-corrected chi connectivity index (χ1v) is 7.34. The van der Waals surface area contributed by atoms with Crippen LogP contribution in [-0.2, 0) is 9.53 Å². The van der Waals surface area contributed by atoms with E-state index in [2.05, 4.69) is 13.8 Å². The molecule has 0 aromatic carbocycles. The van der Waals surface area contributed by atoms with Gasteiger partial charge in [0.05, 0.1) is 6.61 Å². The van der Waals surface area contributed by atoms with Gasteiger partial charge >= 0.3 is 5.97 Å². The number of hydrogen-bond donors (Lipinski definition) is 1. The van der Waals surface area contributed by atoms with Gasteiger partial charge in [0.25, 0.3) is 0 Å². The molecule has 1 unspecified atom stereocenters. The molecule has 0 saturated heterocycles. The van der Waals surface area contributed by atoms with Crippen molar-refractivity contribution < 1.29 is 9.53 Å². The number of ether oxygens (including phenoxy) is 1. The van der Waals surface area contributed by atoms with E-state index >= 15 is 0 Å². The first kappa shape index (κ1) is 16.1. The average molecular weight is 296 g/mol. The number of alkyl halides is 2. The van der Waals surface area contributed by atoms with E-state index < -0.39 is 4.33 Å². The van der Waals surface area contributed by atoms with Crippen molar-refractivity contribution in [3.8, 4) is 0 Å². The van der Waals surface area contributed by atoms with E-state index in [1.807, 2.05) is 0 Å². The Bertz CT molecular complexity index is 282. The fourth-order valence-corrected chi connectivity index (χ4v) is 2.71. The molecule has 1 rings (SSSR count). The van der Waals surface area contributed by atoms with Crippen molar-refractivity contribution in [3.05, 3.63) is 0 Å². The predicted molar refractivity (Wildman–Crippen MR) is 74.7 cm³/mol. The van der Waals surface area contributed by atoms with Gasteiger partial charge < -0.3 is 10.5 Å². The number of carbonyl (C=O) groups excluding carboxylic acids is 1. The lowest BCUT2D eigenvalue weighted by atomic mass is 9.94. The number of esters is 1. The third kappa shape index (κ3) is 5.77. The van der Waals surface area contributed by atoms with Gasteiger partial charge in [0, 0.05) is 6.42 Å². The third-order valence-corrected chi connectivity index (χ3v) is 4.20. The largest absolute Gasteiger partial charge is 0.466 e. The lowest BCUT2D eigenvalue weighted by Crippen LogP contribution is -2.21. The van der Waals surface area contributed by atoms with E-state index in [9.17, 15) is 4.79 Å². The van der Waals surface area contributed by atoms with Crippen molar-refractivity contribution in [1.82, 2.24) is 0 Å². The second kappa shape index (κ2) is 6.97. The van der Waals surface area contributed by atoms with Crippen molar-refractivity contribution in [2.24, 2.45) is 23.5 Å². The molecular formula is C13H23Cl2NO2. The van der Waals surface area contributed by atoms with Gasteiger partial charge in [0.1, 0.15) is 4.33 Å². The van der Waals surface area contributed by atoms with Gasteiger partial charge in [-0.2, -0.15) is 0 Å². The smallest absolute Gasteiger partial charge is 0.306 e. The van der Waals surface area contributed by atoms with Gasteiger partial charge in [0.15, 0.2) is 0 Å². The number of halogens is 2. The molecule has 0 heterocycles. The molecule has 106 valence electrons. The summed E-state index contributed by atoms with van der Waals surface area (Å²) >= 11 is 11.8. The maximum absolute atomic E-state index is 11.6. The van der Waals surface area contributed by atoms with Crippen LogP contribution in [0.2, 0.25) is 0 Å². The Balaban J connectivity index is 2.12. The standard InChI is InChI=1S/C13H23Cl2NO2/c1-9(2)5-10(8-16)6-12(17)18-4-3-11-7-13(11,14)15/h9-11H,3-8,16H2,1-2H3/t10-,11?/m0/s1. The summed E-state index contributed by atoms with van der Waals surface area (Å²) in [5.74, 6) is 0.876. The summed E-state index contributed by atoms with van der Waals surface area (Å²) in [6, 6.07) is 0. The number of carbonyl (C=O) groups is 1. The van der Waals surface area contributed by atoms with E-state index in [1.165, 1.54) is 0 Å². The van der Waals surface area contributed by atoms with E-state index in [0.29, 0.717) is 25.5 Å². The lowest BCUT2D eigenvalue weighted by molar-refractivity contribution is -0.145. The van der Waals surface area contributed by atoms with Gasteiger partial charge in [-0.15, -0.1) is 23.2 Å². The van der Waals surface area contributed by atoms with Crippen LogP contribution >= 0.6 is 23.2 Å². The topological polar surface area (TPSA) is 52.3 Å². The Kier molecular flexibility index (Phi) is 6.22. The highest BCUT2D eigenvalue weighted by Crippen LogP contribution is 2.54. The fourth-order valence-electron chi connectivity index (χ4n) is 2.12. The highest BCUT2D eigenvalue weighted by atomic mass is 35.5. The molecule has 2 N–H and O–H groups in total. The maximum Gasteiger partial charge on any atom is 0.306 e. The Morgan fingerprint density at radius 1 is 1.50 bits per heavy atom. The summed E-state index contributed by atoms with van der Waals surface area (Å²) in [4.78, 5) is 11.6. The zero-order valence-corrected chi connectivity index (χ0v) is 12.6. The second-order valence-electron chi connectivity index (χ2n) is 5.61. The fraction of sp³-hybridized carbons (Fsp3) is 0.923. The zero-order valence-electron chi connectivity index (χ0n) is 11.1. The molecule has 5 heteroatoms. The molecule has 0 radical (unpaired) electrons. The minimum atomic E-state index is -0.580. The van der Waals surface area contributed by atoms with E-state index in [1.54, 1.807) is 0 Å². The van der Waals surface area contributed by atoms with Crippen LogP contribution in [0.3, 0.4) is 0 Å². The Labute approximate surface area is 119 Å². The molecule has 1 saturated carbocycles. The molecule has 0 amide bonds. The van der Waals surface area contributed by atoms with Crippen LogP contribution in [0.1, 0.15) is 39.5 Å². The van der Waals surface area contributed by atoms with Gasteiger partial charge in [-0.05, 0) is 43.6 Å². The maximum atomic E-state index is 11.6. The summed E-state index contributed by atoms with van der Waals surface area (Å²) in [6.07, 6.45) is 2.91. The van der Waals surface area contributed by atoms with E-state index in [0.717, 1.165) is 19.3 Å². The first-order chi connectivity index (χ1) is 8.35. The molecular weight excluding hydrogens is 273 g/mol. The van der Waals surface area contributed by atoms with Crippen LogP contribution in [-0.4, -0.2) is 23.5 Å². The van der Waals surface area contributed by atoms with Crippen molar-refractivity contribution in [1.29, 1.82) is 0 Å². The van der Waals surface area contributed by atoms with Crippen LogP contribution in [0.15, 0.2) is 0 Å². The van der Waals surface area contributed by atoms with Crippen LogP contribution in [0.25, 0.3) is 0 Å². The molecule has 1 fully saturated rings. The van der Waals surface area contributed by atoms with Gasteiger partial charge in [-0.3, -0.25) is 4.79 Å². The summed E-state index contributed by atoms with van der Waals surface area (Å²) in [6.45, 7) is 5.19. The number of hydrogen-bond acceptors (Lipinski definition) is 3. The van der Waals surface area contributed by atoms with E-state index in [4.69, 9.17) is 33.7 Å². The zero-order chi connectivity index (χ0) is 13.8. The minimum Gasteiger partial charge on any atom is -0.466 e. The molecule has 1 aliphatic rings. The van der Waals surface area contributed by atoms with Gasteiger partial charge in [-0.25, -0.2) is 0 Å². The van der Waals surface area contributed by atoms with Crippen LogP contribution in [0.5, 0.6) is 0 Å². The molecule has 0 spiro atoms. The molecule has 1 aliphatic carbocycles. The van der Waals surface area contributed by atoms with Crippen molar-refractivity contribution >= 4 is 29.2 Å². The van der Waals surface area contributed by atoms with Crippen molar-refractivity contribution in [2.45, 2.75) is 43.9 Å². The summed E-state index contributed by atoms with van der Waals surface area (Å²) in [5, 5.41) is 0. The highest BCUT2D eigenvalue weighted by Gasteiger charge is 2.50. The molecule has 2 atom stereocenters. The summed E-state index contributed by atoms with van der Waals surface area (Å²) in [5.41, 5.74) is 5.65. The molecule has 0 aliphatic heterocycles. The quantitative estimate of drug-likeness (QED) is 0.553. The second-order valence-corrected chi connectivity index (χ2v) is 7.15. The highest BCUT2D eigenvalue weighted by molar-refractivity contribution is 6.50. The summed E-state index contributed by atoms with van der Waals surface area (Å²) < 4.78 is 4.61. The molecule has 3 nitrogen and oxygen atoms in total. The molecule has 0 bridgehead atoms. The van der Waals surface area contributed by atoms with Gasteiger partial charge in [0.2, 0.25) is 0 Å². The number of rotatable bonds is 8. The lowest BCUT2D eigenvalue weighted by Gasteiger charge is -2.16. The van der Waals surface area contributed by atoms with Gasteiger partial charge in [-0.1, -0.05) is 13.8 Å². The van der Waals surface area contributed by atoms with Crippen molar-refractivity contribution in [2.75, 3.05) is 13.2 Å². The average Bonchev–Trinajstić information content (AvgIpc) is 2.84. The Hall–Kier alpha value is 0.01000. The van der Waals surface area contributed by atoms with Crippen molar-refractivity contribution in [3.63, 3.8) is 0 Å². The molecule has 18 heavy (non-hydrogen) atoms. The third-order valence-electron chi connectivity index (χ3n) is 3.28. The summed E-state index contributed by atoms with van der Waals surface area (Å²) in [7, 11) is 0. The normalized spacial score (nSPS) is 22.9.